The van der Waals surface area contributed by atoms with Crippen LogP contribution in [-0.4, -0.2) is 10.9 Å². The molecule has 16 heavy (non-hydrogen) atoms. The molecule has 1 heterocycles. The van der Waals surface area contributed by atoms with Gasteiger partial charge in [0.05, 0.1) is 0 Å². The average molecular weight is 216 g/mol. The van der Waals surface area contributed by atoms with Gasteiger partial charge in [-0.05, 0) is 37.1 Å². The number of hydrogen-bond donors (Lipinski definition) is 1. The van der Waals surface area contributed by atoms with Crippen LogP contribution in [0, 0.1) is 13.8 Å². The lowest BCUT2D eigenvalue weighted by molar-refractivity contribution is 0.102. The van der Waals surface area contributed by atoms with Gasteiger partial charge in [0.1, 0.15) is 6.26 Å². The molecule has 82 valence electrons. The first-order valence-corrected chi connectivity index (χ1v) is 4.93. The molecule has 0 aliphatic rings. The van der Waals surface area contributed by atoms with Crippen molar-refractivity contribution in [2.75, 3.05) is 5.32 Å². The van der Waals surface area contributed by atoms with Crippen LogP contribution >= 0.6 is 0 Å². The molecule has 2 rings (SSSR count). The Kier molecular flexibility index (Phi) is 2.72. The zero-order valence-corrected chi connectivity index (χ0v) is 9.15. The molecular weight excluding hydrogens is 204 g/mol. The van der Waals surface area contributed by atoms with Gasteiger partial charge in [0.25, 0.3) is 5.91 Å². The third-order valence-corrected chi connectivity index (χ3v) is 2.14. The highest BCUT2D eigenvalue weighted by molar-refractivity contribution is 6.02. The van der Waals surface area contributed by atoms with E-state index >= 15 is 0 Å². The molecular formula is C12H12N2O2. The minimum Gasteiger partial charge on any atom is -0.451 e. The first-order valence-electron chi connectivity index (χ1n) is 4.93. The number of hydrogen-bond acceptors (Lipinski definition) is 3. The lowest BCUT2D eigenvalue weighted by atomic mass is 10.1. The van der Waals surface area contributed by atoms with E-state index in [9.17, 15) is 4.79 Å². The molecule has 0 aliphatic carbocycles. The Bertz CT molecular complexity index is 483. The predicted octanol–water partition coefficient (Wildman–Crippen LogP) is 2.54. The zero-order chi connectivity index (χ0) is 11.5. The van der Waals surface area contributed by atoms with Crippen molar-refractivity contribution in [3.63, 3.8) is 0 Å². The number of carbonyl (C=O) groups excluding carboxylic acids is 1. The van der Waals surface area contributed by atoms with E-state index in [4.69, 9.17) is 4.42 Å². The van der Waals surface area contributed by atoms with Crippen LogP contribution in [0.2, 0.25) is 0 Å². The monoisotopic (exact) mass is 216 g/mol. The van der Waals surface area contributed by atoms with Gasteiger partial charge in [-0.25, -0.2) is 4.98 Å². The van der Waals surface area contributed by atoms with Crippen LogP contribution in [-0.2, 0) is 0 Å². The summed E-state index contributed by atoms with van der Waals surface area (Å²) in [6.07, 6.45) is 2.55. The summed E-state index contributed by atoms with van der Waals surface area (Å²) in [4.78, 5) is 15.4. The molecule has 0 atom stereocenters. The largest absolute Gasteiger partial charge is 0.451 e. The number of nitrogens with zero attached hydrogens (tertiary/aromatic N) is 1. The van der Waals surface area contributed by atoms with E-state index in [-0.39, 0.29) is 11.6 Å². The number of nitrogens with one attached hydrogen (secondary N) is 1. The second-order valence-electron chi connectivity index (χ2n) is 3.70. The maximum atomic E-state index is 11.7. The molecule has 0 radical (unpaired) electrons. The van der Waals surface area contributed by atoms with E-state index in [1.165, 1.54) is 12.7 Å². The summed E-state index contributed by atoms with van der Waals surface area (Å²) < 4.78 is 4.75. The second-order valence-corrected chi connectivity index (χ2v) is 3.70. The first kappa shape index (κ1) is 10.4. The van der Waals surface area contributed by atoms with Crippen LogP contribution in [0.4, 0.5) is 5.69 Å². The maximum absolute atomic E-state index is 11.7. The minimum absolute atomic E-state index is 0.265. The number of aryl methyl sites for hydroxylation is 2. The highest BCUT2D eigenvalue weighted by Gasteiger charge is 2.08. The first-order chi connectivity index (χ1) is 7.65. The van der Waals surface area contributed by atoms with Gasteiger partial charge in [-0.1, -0.05) is 6.07 Å². The Balaban J connectivity index is 2.18. The van der Waals surface area contributed by atoms with E-state index in [2.05, 4.69) is 10.3 Å². The van der Waals surface area contributed by atoms with Crippen LogP contribution in [0.25, 0.3) is 0 Å². The van der Waals surface area contributed by atoms with Crippen molar-refractivity contribution in [2.24, 2.45) is 0 Å². The van der Waals surface area contributed by atoms with Crippen molar-refractivity contribution in [3.05, 3.63) is 47.7 Å². The van der Waals surface area contributed by atoms with Gasteiger partial charge in [0.2, 0.25) is 0 Å². The number of oxazole rings is 1. The Hall–Kier alpha value is -2.10. The van der Waals surface area contributed by atoms with Gasteiger partial charge in [0.15, 0.2) is 12.1 Å². The number of anilines is 1. The molecule has 1 N–H and O–H groups in total. The van der Waals surface area contributed by atoms with Crippen LogP contribution < -0.4 is 5.32 Å². The zero-order valence-electron chi connectivity index (χ0n) is 9.15. The molecule has 1 aromatic carbocycles. The summed E-state index contributed by atoms with van der Waals surface area (Å²) in [5, 5.41) is 2.76. The molecule has 0 unspecified atom stereocenters. The topological polar surface area (TPSA) is 55.1 Å². The van der Waals surface area contributed by atoms with Gasteiger partial charge in [0, 0.05) is 5.69 Å². The fourth-order valence-corrected chi connectivity index (χ4v) is 1.57. The molecule has 0 bridgehead atoms. The summed E-state index contributed by atoms with van der Waals surface area (Å²) in [7, 11) is 0. The molecule has 1 amide bonds. The quantitative estimate of drug-likeness (QED) is 0.839. The number of benzene rings is 1. The number of carbonyl (C=O) groups is 1. The average Bonchev–Trinajstić information content (AvgIpc) is 2.68. The molecule has 1 aromatic heterocycles. The van der Waals surface area contributed by atoms with Crippen molar-refractivity contribution < 1.29 is 9.21 Å². The SMILES string of the molecule is Cc1cc(C)cc(NC(=O)c2cocn2)c1. The second kappa shape index (κ2) is 4.18. The van der Waals surface area contributed by atoms with Crippen molar-refractivity contribution in [2.45, 2.75) is 13.8 Å². The van der Waals surface area contributed by atoms with E-state index < -0.39 is 0 Å². The van der Waals surface area contributed by atoms with Crippen LogP contribution in [0.1, 0.15) is 21.6 Å². The van der Waals surface area contributed by atoms with Gasteiger partial charge in [-0.3, -0.25) is 4.79 Å². The minimum atomic E-state index is -0.265. The lowest BCUT2D eigenvalue weighted by Crippen LogP contribution is -2.12. The smallest absolute Gasteiger partial charge is 0.277 e. The summed E-state index contributed by atoms with van der Waals surface area (Å²) in [5.41, 5.74) is 3.26. The van der Waals surface area contributed by atoms with Crippen molar-refractivity contribution >= 4 is 11.6 Å². The third kappa shape index (κ3) is 2.28. The summed E-state index contributed by atoms with van der Waals surface area (Å²) >= 11 is 0. The van der Waals surface area contributed by atoms with Gasteiger partial charge >= 0.3 is 0 Å². The number of rotatable bonds is 2. The van der Waals surface area contributed by atoms with Crippen molar-refractivity contribution in [1.29, 1.82) is 0 Å². The molecule has 2 aromatic rings. The third-order valence-electron chi connectivity index (χ3n) is 2.14. The van der Waals surface area contributed by atoms with E-state index in [0.717, 1.165) is 16.8 Å². The Labute approximate surface area is 93.3 Å². The van der Waals surface area contributed by atoms with Crippen molar-refractivity contribution in [3.8, 4) is 0 Å². The van der Waals surface area contributed by atoms with Crippen LogP contribution in [0.3, 0.4) is 0 Å². The van der Waals surface area contributed by atoms with E-state index in [1.54, 1.807) is 0 Å². The highest BCUT2D eigenvalue weighted by Crippen LogP contribution is 2.14. The van der Waals surface area contributed by atoms with Crippen molar-refractivity contribution in [1.82, 2.24) is 4.98 Å². The lowest BCUT2D eigenvalue weighted by Gasteiger charge is -2.05. The van der Waals surface area contributed by atoms with Crippen LogP contribution in [0.5, 0.6) is 0 Å². The van der Waals surface area contributed by atoms with Gasteiger partial charge in [-0.15, -0.1) is 0 Å². The molecule has 4 nitrogen and oxygen atoms in total. The van der Waals surface area contributed by atoms with E-state index in [0.29, 0.717) is 0 Å². The number of amides is 1. The number of aromatic nitrogens is 1. The Morgan fingerprint density at radius 1 is 1.25 bits per heavy atom. The molecule has 0 aliphatic heterocycles. The summed E-state index contributed by atoms with van der Waals surface area (Å²) in [6.45, 7) is 3.97. The van der Waals surface area contributed by atoms with Crippen LogP contribution in [0.15, 0.2) is 35.3 Å². The summed E-state index contributed by atoms with van der Waals surface area (Å²) in [5.74, 6) is -0.265. The van der Waals surface area contributed by atoms with Gasteiger partial charge in [-0.2, -0.15) is 0 Å². The summed E-state index contributed by atoms with van der Waals surface area (Å²) in [6, 6.07) is 5.86. The highest BCUT2D eigenvalue weighted by atomic mass is 16.3. The maximum Gasteiger partial charge on any atom is 0.277 e. The molecule has 0 fully saturated rings. The standard InChI is InChI=1S/C12H12N2O2/c1-8-3-9(2)5-10(4-8)14-12(15)11-6-16-7-13-11/h3-7H,1-2H3,(H,14,15). The predicted molar refractivity (Wildman–Crippen MR) is 60.4 cm³/mol. The molecule has 0 spiro atoms. The Morgan fingerprint density at radius 2 is 1.94 bits per heavy atom. The fraction of sp³-hybridized carbons (Fsp3) is 0.167. The molecule has 0 saturated heterocycles. The Morgan fingerprint density at radius 3 is 2.50 bits per heavy atom. The molecule has 4 heteroatoms. The normalized spacial score (nSPS) is 10.1. The molecule has 0 saturated carbocycles. The van der Waals surface area contributed by atoms with Gasteiger partial charge < -0.3 is 9.73 Å². The fourth-order valence-electron chi connectivity index (χ4n) is 1.57. The van der Waals surface area contributed by atoms with E-state index in [1.807, 2.05) is 32.0 Å².